The molecule has 3 unspecified atom stereocenters. The monoisotopic (exact) mass is 277 g/mol. The van der Waals surface area contributed by atoms with Crippen molar-refractivity contribution in [2.45, 2.75) is 38.5 Å². The molecule has 1 heterocycles. The third-order valence-corrected chi connectivity index (χ3v) is 3.91. The molecule has 0 aliphatic carbocycles. The summed E-state index contributed by atoms with van der Waals surface area (Å²) in [5.74, 6) is 0.151. The molecule has 2 rings (SSSR count). The van der Waals surface area contributed by atoms with E-state index in [9.17, 15) is 9.90 Å². The van der Waals surface area contributed by atoms with E-state index in [1.165, 1.54) is 0 Å². The molecule has 4 heteroatoms. The first kappa shape index (κ1) is 15.2. The van der Waals surface area contributed by atoms with E-state index in [-0.39, 0.29) is 30.6 Å². The molecule has 0 saturated carbocycles. The summed E-state index contributed by atoms with van der Waals surface area (Å²) in [6.45, 7) is 5.26. The minimum atomic E-state index is -0.191. The predicted octanol–water partition coefficient (Wildman–Crippen LogP) is 1.73. The number of carbonyl (C=O) groups excluding carboxylic acids is 1. The predicted molar refractivity (Wildman–Crippen MR) is 77.8 cm³/mol. The van der Waals surface area contributed by atoms with Crippen LogP contribution in [-0.2, 0) is 4.74 Å². The quantitative estimate of drug-likeness (QED) is 0.833. The van der Waals surface area contributed by atoms with Gasteiger partial charge in [0, 0.05) is 18.2 Å². The molecule has 1 saturated heterocycles. The number of aliphatic hydroxyl groups excluding tert-OH is 1. The first-order valence-electron chi connectivity index (χ1n) is 7.24. The van der Waals surface area contributed by atoms with Gasteiger partial charge in [0.25, 0.3) is 0 Å². The van der Waals surface area contributed by atoms with Crippen LogP contribution in [0.1, 0.15) is 30.6 Å². The van der Waals surface area contributed by atoms with Gasteiger partial charge in [-0.2, -0.15) is 0 Å². The first-order valence-corrected chi connectivity index (χ1v) is 7.24. The highest BCUT2D eigenvalue weighted by molar-refractivity contribution is 6.00. The molecule has 20 heavy (non-hydrogen) atoms. The second-order valence-electron chi connectivity index (χ2n) is 5.34. The lowest BCUT2D eigenvalue weighted by molar-refractivity contribution is -0.0868. The molecule has 1 N–H and O–H groups in total. The fourth-order valence-electron chi connectivity index (χ4n) is 2.75. The van der Waals surface area contributed by atoms with Crippen molar-refractivity contribution in [2.24, 2.45) is 0 Å². The number of Topliss-reactive ketones (excluding diaryl/α,β-unsaturated/α-hetero) is 1. The molecule has 1 aliphatic rings. The van der Waals surface area contributed by atoms with E-state index < -0.39 is 0 Å². The molecule has 1 fully saturated rings. The van der Waals surface area contributed by atoms with Gasteiger partial charge in [-0.05, 0) is 13.3 Å². The maximum absolute atomic E-state index is 12.7. The number of ether oxygens (including phenoxy) is 1. The van der Waals surface area contributed by atoms with E-state index in [2.05, 4.69) is 11.8 Å². The summed E-state index contributed by atoms with van der Waals surface area (Å²) in [5.41, 5.74) is 0.749. The second-order valence-corrected chi connectivity index (χ2v) is 5.34. The van der Waals surface area contributed by atoms with E-state index in [1.54, 1.807) is 0 Å². The van der Waals surface area contributed by atoms with Crippen molar-refractivity contribution < 1.29 is 14.6 Å². The zero-order valence-electron chi connectivity index (χ0n) is 12.2. The van der Waals surface area contributed by atoms with Crippen LogP contribution in [0.25, 0.3) is 0 Å². The number of hydrogen-bond donors (Lipinski definition) is 1. The summed E-state index contributed by atoms with van der Waals surface area (Å²) in [5, 5.41) is 9.27. The maximum Gasteiger partial charge on any atom is 0.179 e. The molecule has 0 spiro atoms. The average Bonchev–Trinajstić information content (AvgIpc) is 2.50. The van der Waals surface area contributed by atoms with Crippen LogP contribution in [0.5, 0.6) is 0 Å². The molecule has 110 valence electrons. The van der Waals surface area contributed by atoms with E-state index in [1.807, 2.05) is 37.3 Å². The van der Waals surface area contributed by atoms with Crippen LogP contribution in [-0.4, -0.2) is 53.7 Å². The number of nitrogens with zero attached hydrogens (tertiary/aromatic N) is 1. The Morgan fingerprint density at radius 1 is 1.45 bits per heavy atom. The number of hydrogen-bond acceptors (Lipinski definition) is 4. The lowest BCUT2D eigenvalue weighted by Crippen LogP contribution is -2.55. The highest BCUT2D eigenvalue weighted by atomic mass is 16.5. The molecule has 0 amide bonds. The smallest absolute Gasteiger partial charge is 0.179 e. The van der Waals surface area contributed by atoms with Crippen molar-refractivity contribution in [1.82, 2.24) is 4.90 Å². The summed E-state index contributed by atoms with van der Waals surface area (Å²) < 4.78 is 5.55. The van der Waals surface area contributed by atoms with E-state index >= 15 is 0 Å². The van der Waals surface area contributed by atoms with Gasteiger partial charge in [0.2, 0.25) is 0 Å². The molecule has 1 aromatic carbocycles. The number of morpholine rings is 1. The summed E-state index contributed by atoms with van der Waals surface area (Å²) in [6, 6.07) is 9.45. The molecule has 0 bridgehead atoms. The van der Waals surface area contributed by atoms with E-state index in [0.29, 0.717) is 13.2 Å². The zero-order valence-corrected chi connectivity index (χ0v) is 12.2. The van der Waals surface area contributed by atoms with Crippen molar-refractivity contribution in [3.63, 3.8) is 0 Å². The van der Waals surface area contributed by atoms with Gasteiger partial charge in [0.1, 0.15) is 0 Å². The molecule has 0 aromatic heterocycles. The van der Waals surface area contributed by atoms with Crippen LogP contribution in [0.4, 0.5) is 0 Å². The van der Waals surface area contributed by atoms with Gasteiger partial charge in [-0.15, -0.1) is 0 Å². The third kappa shape index (κ3) is 3.26. The standard InChI is InChI=1S/C16H23NO3/c1-3-15(16(19)13-7-5-4-6-8-13)17-9-14(10-18)20-11-12(17)2/h4-8,12,14-15,18H,3,9-11H2,1-2H3. The third-order valence-electron chi connectivity index (χ3n) is 3.91. The van der Waals surface area contributed by atoms with Crippen molar-refractivity contribution in [3.8, 4) is 0 Å². The van der Waals surface area contributed by atoms with Gasteiger partial charge in [-0.1, -0.05) is 37.3 Å². The summed E-state index contributed by atoms with van der Waals surface area (Å²) in [6.07, 6.45) is 0.569. The van der Waals surface area contributed by atoms with Gasteiger partial charge < -0.3 is 9.84 Å². The molecule has 0 radical (unpaired) electrons. The van der Waals surface area contributed by atoms with Gasteiger partial charge in [0.15, 0.2) is 5.78 Å². The molecule has 1 aliphatic heterocycles. The fourth-order valence-corrected chi connectivity index (χ4v) is 2.75. The molecule has 3 atom stereocenters. The Morgan fingerprint density at radius 2 is 2.15 bits per heavy atom. The van der Waals surface area contributed by atoms with Crippen LogP contribution < -0.4 is 0 Å². The number of aliphatic hydroxyl groups is 1. The number of rotatable bonds is 5. The van der Waals surface area contributed by atoms with Gasteiger partial charge in [0.05, 0.1) is 25.4 Å². The van der Waals surface area contributed by atoms with Crippen LogP contribution in [0.2, 0.25) is 0 Å². The van der Waals surface area contributed by atoms with Crippen molar-refractivity contribution in [2.75, 3.05) is 19.8 Å². The van der Waals surface area contributed by atoms with Gasteiger partial charge in [-0.3, -0.25) is 9.69 Å². The zero-order chi connectivity index (χ0) is 14.5. The normalized spacial score (nSPS) is 25.4. The number of carbonyl (C=O) groups is 1. The fraction of sp³-hybridized carbons (Fsp3) is 0.562. The van der Waals surface area contributed by atoms with Crippen LogP contribution in [0.3, 0.4) is 0 Å². The number of benzene rings is 1. The molecular formula is C16H23NO3. The minimum Gasteiger partial charge on any atom is -0.394 e. The summed E-state index contributed by atoms with van der Waals surface area (Å²) in [4.78, 5) is 14.8. The van der Waals surface area contributed by atoms with Gasteiger partial charge in [-0.25, -0.2) is 0 Å². The molecular weight excluding hydrogens is 254 g/mol. The average molecular weight is 277 g/mol. The summed E-state index contributed by atoms with van der Waals surface area (Å²) >= 11 is 0. The van der Waals surface area contributed by atoms with E-state index in [4.69, 9.17) is 4.74 Å². The Morgan fingerprint density at radius 3 is 2.75 bits per heavy atom. The van der Waals surface area contributed by atoms with Crippen molar-refractivity contribution in [3.05, 3.63) is 35.9 Å². The summed E-state index contributed by atoms with van der Waals surface area (Å²) in [7, 11) is 0. The Labute approximate surface area is 120 Å². The van der Waals surface area contributed by atoms with Crippen LogP contribution in [0, 0.1) is 0 Å². The lowest BCUT2D eigenvalue weighted by Gasteiger charge is -2.41. The molecule has 1 aromatic rings. The van der Waals surface area contributed by atoms with Crippen molar-refractivity contribution in [1.29, 1.82) is 0 Å². The maximum atomic E-state index is 12.7. The topological polar surface area (TPSA) is 49.8 Å². The highest BCUT2D eigenvalue weighted by Crippen LogP contribution is 2.20. The second kappa shape index (κ2) is 6.97. The Balaban J connectivity index is 2.16. The minimum absolute atomic E-state index is 0.000812. The SMILES string of the molecule is CCC(C(=O)c1ccccc1)N1CC(CO)OCC1C. The van der Waals surface area contributed by atoms with Crippen LogP contribution >= 0.6 is 0 Å². The van der Waals surface area contributed by atoms with Crippen molar-refractivity contribution >= 4 is 5.78 Å². The lowest BCUT2D eigenvalue weighted by atomic mass is 9.98. The Kier molecular flexibility index (Phi) is 5.29. The highest BCUT2D eigenvalue weighted by Gasteiger charge is 2.34. The molecule has 4 nitrogen and oxygen atoms in total. The van der Waals surface area contributed by atoms with Gasteiger partial charge >= 0.3 is 0 Å². The van der Waals surface area contributed by atoms with E-state index in [0.717, 1.165) is 12.0 Å². The largest absolute Gasteiger partial charge is 0.394 e. The first-order chi connectivity index (χ1) is 9.67. The van der Waals surface area contributed by atoms with Crippen LogP contribution in [0.15, 0.2) is 30.3 Å². The Bertz CT molecular complexity index is 435. The Hall–Kier alpha value is -1.23. The number of ketones is 1.